The van der Waals surface area contributed by atoms with Crippen LogP contribution in [-0.4, -0.2) is 38.3 Å². The van der Waals surface area contributed by atoms with Crippen molar-refractivity contribution in [1.82, 2.24) is 19.5 Å². The van der Waals surface area contributed by atoms with Crippen molar-refractivity contribution in [1.29, 1.82) is 0 Å². The first-order valence-electron chi connectivity index (χ1n) is 9.87. The maximum Gasteiger partial charge on any atom is 0.282 e. The van der Waals surface area contributed by atoms with Gasteiger partial charge in [-0.05, 0) is 36.8 Å². The molecule has 4 aromatic rings. The largest absolute Gasteiger partial charge is 0.497 e. The number of fused-ring (bicyclic) bond motifs is 1. The highest BCUT2D eigenvalue weighted by atomic mass is 32.2. The molecule has 0 bridgehead atoms. The summed E-state index contributed by atoms with van der Waals surface area (Å²) in [6, 6.07) is 15.0. The number of carbonyl (C=O) groups excluding carboxylic acids is 1. The van der Waals surface area contributed by atoms with Crippen LogP contribution >= 0.6 is 11.8 Å². The number of aryl methyl sites for hydroxylation is 1. The molecule has 0 saturated carbocycles. The zero-order chi connectivity index (χ0) is 22.5. The molecular weight excluding hydrogens is 426 g/mol. The number of rotatable bonds is 7. The van der Waals surface area contributed by atoms with Gasteiger partial charge in [0.2, 0.25) is 5.91 Å². The number of ether oxygens (including phenoxy) is 1. The standard InChI is InChI=1S/C23H21N5O3S/c1-15-3-7-17(8-4-15)26-19(29)14-32-23-27-21-20(24-11-12-25-21)22(30)28(23)13-16-5-9-18(31-2)10-6-16/h3-12H,13-14H2,1-2H3,(H,26,29). The highest BCUT2D eigenvalue weighted by Gasteiger charge is 2.15. The van der Waals surface area contributed by atoms with Crippen LogP contribution in [0.15, 0.2) is 70.9 Å². The van der Waals surface area contributed by atoms with E-state index < -0.39 is 0 Å². The van der Waals surface area contributed by atoms with Crippen LogP contribution < -0.4 is 15.6 Å². The number of aromatic nitrogens is 4. The fourth-order valence-electron chi connectivity index (χ4n) is 3.06. The maximum atomic E-state index is 13.1. The van der Waals surface area contributed by atoms with Crippen LogP contribution in [0.3, 0.4) is 0 Å². The third-order valence-electron chi connectivity index (χ3n) is 4.73. The zero-order valence-electron chi connectivity index (χ0n) is 17.6. The van der Waals surface area contributed by atoms with E-state index in [1.807, 2.05) is 55.5 Å². The van der Waals surface area contributed by atoms with E-state index in [1.165, 1.54) is 28.7 Å². The number of carbonyl (C=O) groups is 1. The van der Waals surface area contributed by atoms with Gasteiger partial charge in [-0.3, -0.25) is 14.2 Å². The Morgan fingerprint density at radius 2 is 1.78 bits per heavy atom. The van der Waals surface area contributed by atoms with Crippen molar-refractivity contribution in [3.8, 4) is 5.75 Å². The Hall–Kier alpha value is -3.72. The number of hydrogen-bond acceptors (Lipinski definition) is 7. The van der Waals surface area contributed by atoms with Crippen molar-refractivity contribution < 1.29 is 9.53 Å². The number of methoxy groups -OCH3 is 1. The molecule has 0 aliphatic carbocycles. The minimum atomic E-state index is -0.305. The Morgan fingerprint density at radius 1 is 1.06 bits per heavy atom. The van der Waals surface area contributed by atoms with E-state index in [2.05, 4.69) is 20.3 Å². The number of amides is 1. The molecule has 2 aromatic heterocycles. The number of nitrogens with one attached hydrogen (secondary N) is 1. The predicted octanol–water partition coefficient (Wildman–Crippen LogP) is 3.28. The van der Waals surface area contributed by atoms with Crippen molar-refractivity contribution in [2.45, 2.75) is 18.6 Å². The van der Waals surface area contributed by atoms with Gasteiger partial charge in [-0.15, -0.1) is 0 Å². The first-order chi connectivity index (χ1) is 15.5. The summed E-state index contributed by atoms with van der Waals surface area (Å²) in [5, 5.41) is 3.26. The minimum absolute atomic E-state index is 0.0920. The molecule has 0 saturated heterocycles. The van der Waals surface area contributed by atoms with Crippen LogP contribution in [0.2, 0.25) is 0 Å². The molecule has 32 heavy (non-hydrogen) atoms. The number of benzene rings is 2. The Kier molecular flexibility index (Phi) is 6.46. The molecule has 4 rings (SSSR count). The van der Waals surface area contributed by atoms with Crippen LogP contribution in [-0.2, 0) is 11.3 Å². The monoisotopic (exact) mass is 447 g/mol. The van der Waals surface area contributed by atoms with Crippen LogP contribution in [0.5, 0.6) is 5.75 Å². The Labute approximate surface area is 188 Å². The molecule has 1 N–H and O–H groups in total. The third kappa shape index (κ3) is 4.94. The lowest BCUT2D eigenvalue weighted by Crippen LogP contribution is -2.25. The third-order valence-corrected chi connectivity index (χ3v) is 5.70. The molecule has 162 valence electrons. The van der Waals surface area contributed by atoms with Gasteiger partial charge in [0, 0.05) is 18.1 Å². The van der Waals surface area contributed by atoms with Gasteiger partial charge in [0.1, 0.15) is 5.75 Å². The first kappa shape index (κ1) is 21.5. The van der Waals surface area contributed by atoms with Gasteiger partial charge in [0.15, 0.2) is 16.3 Å². The number of thioether (sulfide) groups is 1. The van der Waals surface area contributed by atoms with Gasteiger partial charge >= 0.3 is 0 Å². The molecule has 0 atom stereocenters. The predicted molar refractivity (Wildman–Crippen MR) is 124 cm³/mol. The summed E-state index contributed by atoms with van der Waals surface area (Å²) in [5.74, 6) is 0.628. The second-order valence-electron chi connectivity index (χ2n) is 7.07. The molecule has 0 spiro atoms. The number of anilines is 1. The summed E-state index contributed by atoms with van der Waals surface area (Å²) < 4.78 is 6.71. The highest BCUT2D eigenvalue weighted by Crippen LogP contribution is 2.19. The molecular formula is C23H21N5O3S. The number of nitrogens with zero attached hydrogens (tertiary/aromatic N) is 4. The molecule has 9 heteroatoms. The summed E-state index contributed by atoms with van der Waals surface area (Å²) in [4.78, 5) is 38.4. The van der Waals surface area contributed by atoms with E-state index >= 15 is 0 Å². The van der Waals surface area contributed by atoms with E-state index in [0.29, 0.717) is 10.8 Å². The minimum Gasteiger partial charge on any atom is -0.497 e. The lowest BCUT2D eigenvalue weighted by Gasteiger charge is -2.13. The zero-order valence-corrected chi connectivity index (χ0v) is 18.4. The summed E-state index contributed by atoms with van der Waals surface area (Å²) >= 11 is 1.18. The SMILES string of the molecule is COc1ccc(Cn2c(SCC(=O)Nc3ccc(C)cc3)nc3nccnc3c2=O)cc1. The van der Waals surface area contributed by atoms with Crippen LogP contribution in [0, 0.1) is 6.92 Å². The van der Waals surface area contributed by atoms with E-state index in [0.717, 1.165) is 16.9 Å². The van der Waals surface area contributed by atoms with E-state index in [4.69, 9.17) is 4.74 Å². The number of hydrogen-bond donors (Lipinski definition) is 1. The smallest absolute Gasteiger partial charge is 0.282 e. The molecule has 0 aliphatic rings. The molecule has 0 aliphatic heterocycles. The van der Waals surface area contributed by atoms with Gasteiger partial charge < -0.3 is 10.1 Å². The molecule has 2 aromatic carbocycles. The average Bonchev–Trinajstić information content (AvgIpc) is 2.82. The Bertz CT molecular complexity index is 1300. The fraction of sp³-hybridized carbons (Fsp3) is 0.174. The summed E-state index contributed by atoms with van der Waals surface area (Å²) in [6.45, 7) is 2.27. The molecule has 0 radical (unpaired) electrons. The topological polar surface area (TPSA) is 99.0 Å². The van der Waals surface area contributed by atoms with Crippen LogP contribution in [0.4, 0.5) is 5.69 Å². The summed E-state index contributed by atoms with van der Waals surface area (Å²) in [5.41, 5.74) is 2.86. The second-order valence-corrected chi connectivity index (χ2v) is 8.01. The van der Waals surface area contributed by atoms with Gasteiger partial charge in [-0.1, -0.05) is 41.6 Å². The van der Waals surface area contributed by atoms with Crippen molar-refractivity contribution in [2.24, 2.45) is 0 Å². The second kappa shape index (κ2) is 9.61. The van der Waals surface area contributed by atoms with E-state index in [-0.39, 0.29) is 34.9 Å². The molecule has 8 nitrogen and oxygen atoms in total. The van der Waals surface area contributed by atoms with Gasteiger partial charge in [-0.2, -0.15) is 0 Å². The van der Waals surface area contributed by atoms with Crippen molar-refractivity contribution >= 4 is 34.5 Å². The fourth-order valence-corrected chi connectivity index (χ4v) is 3.84. The average molecular weight is 448 g/mol. The van der Waals surface area contributed by atoms with Gasteiger partial charge in [-0.25, -0.2) is 15.0 Å². The normalized spacial score (nSPS) is 10.8. The van der Waals surface area contributed by atoms with Gasteiger partial charge in [0.05, 0.1) is 19.4 Å². The maximum absolute atomic E-state index is 13.1. The molecule has 0 fully saturated rings. The lowest BCUT2D eigenvalue weighted by atomic mass is 10.2. The van der Waals surface area contributed by atoms with Crippen molar-refractivity contribution in [2.75, 3.05) is 18.2 Å². The lowest BCUT2D eigenvalue weighted by molar-refractivity contribution is -0.113. The van der Waals surface area contributed by atoms with Crippen molar-refractivity contribution in [3.05, 3.63) is 82.4 Å². The summed E-state index contributed by atoms with van der Waals surface area (Å²) in [6.07, 6.45) is 2.95. The first-order valence-corrected chi connectivity index (χ1v) is 10.9. The van der Waals surface area contributed by atoms with Gasteiger partial charge in [0.25, 0.3) is 5.56 Å². The van der Waals surface area contributed by atoms with Crippen LogP contribution in [0.1, 0.15) is 11.1 Å². The summed E-state index contributed by atoms with van der Waals surface area (Å²) in [7, 11) is 1.60. The molecule has 2 heterocycles. The Morgan fingerprint density at radius 3 is 2.50 bits per heavy atom. The van der Waals surface area contributed by atoms with E-state index in [9.17, 15) is 9.59 Å². The quantitative estimate of drug-likeness (QED) is 0.343. The highest BCUT2D eigenvalue weighted by molar-refractivity contribution is 7.99. The van der Waals surface area contributed by atoms with Crippen LogP contribution in [0.25, 0.3) is 11.2 Å². The Balaban J connectivity index is 1.59. The molecule has 1 amide bonds. The van der Waals surface area contributed by atoms with E-state index in [1.54, 1.807) is 7.11 Å². The molecule has 0 unspecified atom stereocenters. The van der Waals surface area contributed by atoms with Crippen molar-refractivity contribution in [3.63, 3.8) is 0 Å².